The summed E-state index contributed by atoms with van der Waals surface area (Å²) in [4.78, 5) is 0. The third-order valence-corrected chi connectivity index (χ3v) is 2.65. The molecule has 0 spiro atoms. The SMILES string of the molecule is CC(CCCN)c1ccsc1. The molecule has 1 heterocycles. The fourth-order valence-corrected chi connectivity index (χ4v) is 1.93. The van der Waals surface area contributed by atoms with Crippen molar-refractivity contribution < 1.29 is 0 Å². The van der Waals surface area contributed by atoms with Crippen LogP contribution in [0.4, 0.5) is 0 Å². The number of nitrogens with two attached hydrogens (primary N) is 1. The summed E-state index contributed by atoms with van der Waals surface area (Å²) in [6.07, 6.45) is 2.35. The highest BCUT2D eigenvalue weighted by Gasteiger charge is 2.03. The van der Waals surface area contributed by atoms with Crippen molar-refractivity contribution >= 4 is 11.3 Å². The molecule has 1 aromatic heterocycles. The summed E-state index contributed by atoms with van der Waals surface area (Å²) in [5, 5.41) is 4.36. The zero-order chi connectivity index (χ0) is 8.10. The molecule has 2 N–H and O–H groups in total. The van der Waals surface area contributed by atoms with Crippen LogP contribution in [0.2, 0.25) is 0 Å². The van der Waals surface area contributed by atoms with Crippen molar-refractivity contribution in [3.63, 3.8) is 0 Å². The van der Waals surface area contributed by atoms with Gasteiger partial charge in [0.05, 0.1) is 0 Å². The van der Waals surface area contributed by atoms with Gasteiger partial charge >= 0.3 is 0 Å². The molecule has 0 aliphatic heterocycles. The third kappa shape index (κ3) is 2.64. The predicted octanol–water partition coefficient (Wildman–Crippen LogP) is 2.59. The van der Waals surface area contributed by atoms with E-state index in [0.717, 1.165) is 13.0 Å². The maximum absolute atomic E-state index is 5.43. The number of rotatable bonds is 4. The van der Waals surface area contributed by atoms with E-state index in [1.165, 1.54) is 12.0 Å². The molecule has 0 aliphatic carbocycles. The van der Waals surface area contributed by atoms with Crippen molar-refractivity contribution in [2.24, 2.45) is 5.73 Å². The van der Waals surface area contributed by atoms with E-state index in [0.29, 0.717) is 5.92 Å². The molecule has 2 heteroatoms. The third-order valence-electron chi connectivity index (χ3n) is 1.95. The summed E-state index contributed by atoms with van der Waals surface area (Å²) in [6, 6.07) is 2.20. The molecule has 1 rings (SSSR count). The van der Waals surface area contributed by atoms with E-state index >= 15 is 0 Å². The molecule has 1 nitrogen and oxygen atoms in total. The Hall–Kier alpha value is -0.340. The Labute approximate surface area is 72.2 Å². The highest BCUT2D eigenvalue weighted by Crippen LogP contribution is 2.21. The Morgan fingerprint density at radius 1 is 1.64 bits per heavy atom. The van der Waals surface area contributed by atoms with Gasteiger partial charge in [0.25, 0.3) is 0 Å². The van der Waals surface area contributed by atoms with Crippen LogP contribution in [0.3, 0.4) is 0 Å². The van der Waals surface area contributed by atoms with Crippen molar-refractivity contribution in [1.82, 2.24) is 0 Å². The Morgan fingerprint density at radius 2 is 2.45 bits per heavy atom. The Kier molecular flexibility index (Phi) is 3.60. The van der Waals surface area contributed by atoms with Crippen LogP contribution in [0.15, 0.2) is 16.8 Å². The average molecular weight is 169 g/mol. The molecule has 0 radical (unpaired) electrons. The quantitative estimate of drug-likeness (QED) is 0.736. The fourth-order valence-electron chi connectivity index (χ4n) is 1.15. The van der Waals surface area contributed by atoms with Gasteiger partial charge in [-0.25, -0.2) is 0 Å². The van der Waals surface area contributed by atoms with Crippen LogP contribution in [-0.2, 0) is 0 Å². The summed E-state index contributed by atoms with van der Waals surface area (Å²) < 4.78 is 0. The Morgan fingerprint density at radius 3 is 3.00 bits per heavy atom. The van der Waals surface area contributed by atoms with Gasteiger partial charge in [-0.3, -0.25) is 0 Å². The lowest BCUT2D eigenvalue weighted by atomic mass is 9.99. The van der Waals surface area contributed by atoms with E-state index in [-0.39, 0.29) is 0 Å². The van der Waals surface area contributed by atoms with Crippen molar-refractivity contribution in [3.05, 3.63) is 22.4 Å². The van der Waals surface area contributed by atoms with Crippen molar-refractivity contribution in [1.29, 1.82) is 0 Å². The second-order valence-electron chi connectivity index (χ2n) is 2.89. The van der Waals surface area contributed by atoms with Crippen LogP contribution in [0.5, 0.6) is 0 Å². The van der Waals surface area contributed by atoms with Crippen LogP contribution in [0.1, 0.15) is 31.2 Å². The summed E-state index contributed by atoms with van der Waals surface area (Å²) in [6.45, 7) is 3.08. The van der Waals surface area contributed by atoms with Gasteiger partial charge in [0, 0.05) is 0 Å². The van der Waals surface area contributed by atoms with Crippen molar-refractivity contribution in [2.45, 2.75) is 25.7 Å². The van der Waals surface area contributed by atoms with E-state index in [9.17, 15) is 0 Å². The van der Waals surface area contributed by atoms with Gasteiger partial charge in [-0.05, 0) is 47.7 Å². The van der Waals surface area contributed by atoms with Gasteiger partial charge in [-0.1, -0.05) is 6.92 Å². The maximum atomic E-state index is 5.43. The van der Waals surface area contributed by atoms with Crippen LogP contribution in [0, 0.1) is 0 Å². The molecule has 0 bridgehead atoms. The molecular weight excluding hydrogens is 154 g/mol. The van der Waals surface area contributed by atoms with Crippen molar-refractivity contribution in [2.75, 3.05) is 6.54 Å². The van der Waals surface area contributed by atoms with Crippen LogP contribution >= 0.6 is 11.3 Å². The lowest BCUT2D eigenvalue weighted by molar-refractivity contribution is 0.642. The highest BCUT2D eigenvalue weighted by molar-refractivity contribution is 7.07. The van der Waals surface area contributed by atoms with Gasteiger partial charge in [-0.2, -0.15) is 11.3 Å². The molecular formula is C9H15NS. The van der Waals surface area contributed by atoms with E-state index in [4.69, 9.17) is 5.73 Å². The average Bonchev–Trinajstić information content (AvgIpc) is 2.52. The first kappa shape index (κ1) is 8.75. The minimum atomic E-state index is 0.685. The lowest BCUT2D eigenvalue weighted by Gasteiger charge is -2.07. The summed E-state index contributed by atoms with van der Waals surface area (Å²) in [7, 11) is 0. The zero-order valence-corrected chi connectivity index (χ0v) is 7.73. The zero-order valence-electron chi connectivity index (χ0n) is 6.92. The van der Waals surface area contributed by atoms with Gasteiger partial charge in [-0.15, -0.1) is 0 Å². The van der Waals surface area contributed by atoms with Crippen LogP contribution in [-0.4, -0.2) is 6.54 Å². The Bertz CT molecular complexity index is 181. The van der Waals surface area contributed by atoms with Crippen LogP contribution in [0.25, 0.3) is 0 Å². The molecule has 0 aliphatic rings. The minimum Gasteiger partial charge on any atom is -0.330 e. The molecule has 0 saturated heterocycles. The Balaban J connectivity index is 2.36. The topological polar surface area (TPSA) is 26.0 Å². The van der Waals surface area contributed by atoms with E-state index < -0.39 is 0 Å². The smallest absolute Gasteiger partial charge is 0.00585 e. The highest BCUT2D eigenvalue weighted by atomic mass is 32.1. The number of hydrogen-bond acceptors (Lipinski definition) is 2. The van der Waals surface area contributed by atoms with E-state index in [1.807, 2.05) is 0 Å². The summed E-state index contributed by atoms with van der Waals surface area (Å²) in [5.41, 5.74) is 6.89. The van der Waals surface area contributed by atoms with Crippen molar-refractivity contribution in [3.8, 4) is 0 Å². The number of hydrogen-bond donors (Lipinski definition) is 1. The normalized spacial score (nSPS) is 13.3. The molecule has 11 heavy (non-hydrogen) atoms. The van der Waals surface area contributed by atoms with Gasteiger partial charge in [0.2, 0.25) is 0 Å². The summed E-state index contributed by atoms with van der Waals surface area (Å²) >= 11 is 1.77. The molecule has 0 amide bonds. The van der Waals surface area contributed by atoms with Crippen LogP contribution < -0.4 is 5.73 Å². The molecule has 62 valence electrons. The molecule has 1 unspecified atom stereocenters. The molecule has 0 aromatic carbocycles. The first-order valence-corrected chi connectivity index (χ1v) is 5.01. The van der Waals surface area contributed by atoms with Gasteiger partial charge in [0.15, 0.2) is 0 Å². The fraction of sp³-hybridized carbons (Fsp3) is 0.556. The standard InChI is InChI=1S/C9H15NS/c1-8(3-2-5-10)9-4-6-11-7-9/h4,6-8H,2-3,5,10H2,1H3. The second-order valence-corrected chi connectivity index (χ2v) is 3.67. The first-order chi connectivity index (χ1) is 5.34. The van der Waals surface area contributed by atoms with Gasteiger partial charge in [0.1, 0.15) is 0 Å². The molecule has 0 fully saturated rings. The second kappa shape index (κ2) is 4.52. The lowest BCUT2D eigenvalue weighted by Crippen LogP contribution is -2.01. The summed E-state index contributed by atoms with van der Waals surface area (Å²) in [5.74, 6) is 0.685. The van der Waals surface area contributed by atoms with E-state index in [2.05, 4.69) is 23.8 Å². The van der Waals surface area contributed by atoms with E-state index in [1.54, 1.807) is 11.3 Å². The molecule has 0 saturated carbocycles. The maximum Gasteiger partial charge on any atom is -0.00585 e. The number of thiophene rings is 1. The largest absolute Gasteiger partial charge is 0.330 e. The van der Waals surface area contributed by atoms with Gasteiger partial charge < -0.3 is 5.73 Å². The minimum absolute atomic E-state index is 0.685. The first-order valence-electron chi connectivity index (χ1n) is 4.06. The molecule has 1 aromatic rings. The predicted molar refractivity (Wildman–Crippen MR) is 51.0 cm³/mol. The molecule has 1 atom stereocenters. The monoisotopic (exact) mass is 169 g/mol.